The predicted molar refractivity (Wildman–Crippen MR) is 31.4 cm³/mol. The van der Waals surface area contributed by atoms with Gasteiger partial charge < -0.3 is 4.55 Å². The third-order valence-corrected chi connectivity index (χ3v) is 1.86. The third kappa shape index (κ3) is 10.3. The van der Waals surface area contributed by atoms with Gasteiger partial charge in [0.1, 0.15) is 0 Å². The van der Waals surface area contributed by atoms with Crippen molar-refractivity contribution in [1.29, 1.82) is 0 Å². The van der Waals surface area contributed by atoms with Gasteiger partial charge in [-0.3, -0.25) is 4.21 Å². The van der Waals surface area contributed by atoms with Gasteiger partial charge >= 0.3 is 29.6 Å². The summed E-state index contributed by atoms with van der Waals surface area (Å²) < 4.78 is 20.1. The SMILES string of the molecule is CCCS(=O)([O-])=S.[Na+]. The number of hydrogen-bond donors (Lipinski definition) is 0. The van der Waals surface area contributed by atoms with Crippen LogP contribution in [0, 0.1) is 0 Å². The molecule has 8 heavy (non-hydrogen) atoms. The van der Waals surface area contributed by atoms with E-state index in [0.29, 0.717) is 6.42 Å². The molecule has 0 saturated heterocycles. The van der Waals surface area contributed by atoms with Gasteiger partial charge in [-0.25, -0.2) is 0 Å². The summed E-state index contributed by atoms with van der Waals surface area (Å²) in [7, 11) is -3.09. The summed E-state index contributed by atoms with van der Waals surface area (Å²) in [6.07, 6.45) is 0.617. The molecule has 0 bridgehead atoms. The first-order valence-corrected chi connectivity index (χ1v) is 4.57. The Morgan fingerprint density at radius 3 is 2.12 bits per heavy atom. The van der Waals surface area contributed by atoms with Crippen molar-refractivity contribution < 1.29 is 38.3 Å². The zero-order valence-electron chi connectivity index (χ0n) is 5.05. The number of hydrogen-bond acceptors (Lipinski definition) is 3. The van der Waals surface area contributed by atoms with Crippen LogP contribution in [0.4, 0.5) is 0 Å². The van der Waals surface area contributed by atoms with Crippen molar-refractivity contribution in [2.45, 2.75) is 13.3 Å². The first-order valence-electron chi connectivity index (χ1n) is 2.00. The standard InChI is InChI=1S/C3H8O2S2.Na/c1-2-3-7(4,5)6;/h2-3H2,1H3,(H,4,5,6);/q;+1/p-1. The van der Waals surface area contributed by atoms with Gasteiger partial charge in [-0.2, -0.15) is 0 Å². The average Bonchev–Trinajstić information content (AvgIpc) is 1.30. The van der Waals surface area contributed by atoms with Gasteiger partial charge in [0, 0.05) is 5.75 Å². The van der Waals surface area contributed by atoms with Gasteiger partial charge in [-0.1, -0.05) is 6.92 Å². The van der Waals surface area contributed by atoms with Crippen molar-refractivity contribution in [3.63, 3.8) is 0 Å². The van der Waals surface area contributed by atoms with Crippen LogP contribution < -0.4 is 29.6 Å². The fourth-order valence-electron chi connectivity index (χ4n) is 0.250. The second-order valence-corrected chi connectivity index (χ2v) is 4.31. The molecule has 2 nitrogen and oxygen atoms in total. The molecule has 44 valence electrons. The third-order valence-electron chi connectivity index (χ3n) is 0.454. The van der Waals surface area contributed by atoms with Gasteiger partial charge in [-0.05, 0) is 26.4 Å². The monoisotopic (exact) mass is 162 g/mol. The van der Waals surface area contributed by atoms with Crippen LogP contribution in [0.2, 0.25) is 0 Å². The molecule has 0 spiro atoms. The minimum atomic E-state index is -3.09. The van der Waals surface area contributed by atoms with Gasteiger partial charge in [0.05, 0.1) is 0 Å². The van der Waals surface area contributed by atoms with Crippen LogP contribution in [0.3, 0.4) is 0 Å². The summed E-state index contributed by atoms with van der Waals surface area (Å²) in [4.78, 5) is 0. The minimum absolute atomic E-state index is 0. The fraction of sp³-hybridized carbons (Fsp3) is 1.00. The molecule has 0 N–H and O–H groups in total. The topological polar surface area (TPSA) is 40.1 Å². The van der Waals surface area contributed by atoms with Gasteiger partial charge in [-0.15, -0.1) is 0 Å². The Hall–Kier alpha value is 1.33. The molecule has 0 aliphatic heterocycles. The molecular weight excluding hydrogens is 155 g/mol. The molecule has 0 rings (SSSR count). The van der Waals surface area contributed by atoms with Crippen LogP contribution in [0.15, 0.2) is 0 Å². The van der Waals surface area contributed by atoms with Crippen LogP contribution in [0.5, 0.6) is 0 Å². The van der Waals surface area contributed by atoms with E-state index >= 15 is 0 Å². The second-order valence-electron chi connectivity index (χ2n) is 1.26. The summed E-state index contributed by atoms with van der Waals surface area (Å²) >= 11 is 4.06. The van der Waals surface area contributed by atoms with E-state index in [1.54, 1.807) is 6.92 Å². The maximum Gasteiger partial charge on any atom is 1.00 e. The summed E-state index contributed by atoms with van der Waals surface area (Å²) in [5.74, 6) is 0.127. The normalized spacial score (nSPS) is 16.2. The molecule has 0 aliphatic rings. The van der Waals surface area contributed by atoms with Gasteiger partial charge in [0.25, 0.3) is 0 Å². The Morgan fingerprint density at radius 1 is 1.75 bits per heavy atom. The van der Waals surface area contributed by atoms with Crippen molar-refractivity contribution in [2.24, 2.45) is 0 Å². The largest absolute Gasteiger partial charge is 1.00 e. The van der Waals surface area contributed by atoms with E-state index in [4.69, 9.17) is 0 Å². The molecule has 0 aromatic heterocycles. The first-order chi connectivity index (χ1) is 3.06. The van der Waals surface area contributed by atoms with E-state index in [1.165, 1.54) is 0 Å². The van der Waals surface area contributed by atoms with Crippen molar-refractivity contribution in [3.05, 3.63) is 0 Å². The minimum Gasteiger partial charge on any atom is -0.769 e. The van der Waals surface area contributed by atoms with E-state index in [9.17, 15) is 8.76 Å². The number of rotatable bonds is 2. The molecule has 0 amide bonds. The fourth-order valence-corrected chi connectivity index (χ4v) is 1.25. The molecular formula is C3H7NaO2S2. The average molecular weight is 162 g/mol. The Bertz CT molecular complexity index is 128. The molecule has 0 heterocycles. The van der Waals surface area contributed by atoms with Crippen LogP contribution in [-0.4, -0.2) is 14.5 Å². The van der Waals surface area contributed by atoms with E-state index < -0.39 is 8.77 Å². The molecule has 5 heteroatoms. The van der Waals surface area contributed by atoms with E-state index in [-0.39, 0.29) is 35.3 Å². The van der Waals surface area contributed by atoms with Crippen molar-refractivity contribution in [3.8, 4) is 0 Å². The van der Waals surface area contributed by atoms with Crippen LogP contribution >= 0.6 is 0 Å². The first kappa shape index (κ1) is 12.0. The molecule has 0 aliphatic carbocycles. The summed E-state index contributed by atoms with van der Waals surface area (Å²) in [5.41, 5.74) is 0. The Morgan fingerprint density at radius 2 is 2.12 bits per heavy atom. The van der Waals surface area contributed by atoms with E-state index in [2.05, 4.69) is 11.2 Å². The molecule has 1 unspecified atom stereocenters. The van der Waals surface area contributed by atoms with Gasteiger partial charge in [0.15, 0.2) is 0 Å². The molecule has 0 saturated carbocycles. The van der Waals surface area contributed by atoms with Gasteiger partial charge in [0.2, 0.25) is 0 Å². The second kappa shape index (κ2) is 5.14. The maximum absolute atomic E-state index is 10.0. The maximum atomic E-state index is 10.0. The molecule has 0 aromatic carbocycles. The smallest absolute Gasteiger partial charge is 0.769 e. The molecule has 0 fully saturated rings. The van der Waals surface area contributed by atoms with Crippen LogP contribution in [-0.2, 0) is 20.0 Å². The Kier molecular flexibility index (Phi) is 7.74. The Balaban J connectivity index is 0. The quantitative estimate of drug-likeness (QED) is 0.414. The van der Waals surface area contributed by atoms with E-state index in [0.717, 1.165) is 0 Å². The van der Waals surface area contributed by atoms with E-state index in [1.807, 2.05) is 0 Å². The van der Waals surface area contributed by atoms with Crippen molar-refractivity contribution in [2.75, 3.05) is 5.75 Å². The van der Waals surface area contributed by atoms with Crippen LogP contribution in [0.25, 0.3) is 0 Å². The van der Waals surface area contributed by atoms with Crippen molar-refractivity contribution in [1.82, 2.24) is 0 Å². The van der Waals surface area contributed by atoms with Crippen molar-refractivity contribution >= 4 is 20.0 Å². The van der Waals surface area contributed by atoms with Crippen LogP contribution in [0.1, 0.15) is 13.3 Å². The zero-order chi connectivity index (χ0) is 5.91. The molecule has 0 radical (unpaired) electrons. The summed E-state index contributed by atoms with van der Waals surface area (Å²) in [6.45, 7) is 1.78. The predicted octanol–water partition coefficient (Wildman–Crippen LogP) is -2.72. The molecule has 1 atom stereocenters. The molecule has 0 aromatic rings. The Labute approximate surface area is 76.8 Å². The summed E-state index contributed by atoms with van der Waals surface area (Å²) in [5, 5.41) is 0. The summed E-state index contributed by atoms with van der Waals surface area (Å²) in [6, 6.07) is 0. The zero-order valence-corrected chi connectivity index (χ0v) is 8.68.